The molecular weight excluding hydrogens is 291 g/mol. The first-order chi connectivity index (χ1) is 6.07. The van der Waals surface area contributed by atoms with E-state index in [2.05, 4.69) is 4.98 Å². The van der Waals surface area contributed by atoms with Crippen LogP contribution in [0.3, 0.4) is 0 Å². The quantitative estimate of drug-likeness (QED) is 0.783. The highest BCUT2D eigenvalue weighted by Gasteiger charge is 2.18. The first-order valence-electron chi connectivity index (χ1n) is 3.55. The van der Waals surface area contributed by atoms with E-state index in [-0.39, 0.29) is 11.4 Å². The standard InChI is InChI=1S/C8H8F2INO/c1-4-6(7(9)10)5(11)3-12-8(4)13-2/h3,7H,1-2H3. The second kappa shape index (κ2) is 4.17. The third kappa shape index (κ3) is 2.07. The van der Waals surface area contributed by atoms with E-state index in [4.69, 9.17) is 4.74 Å². The summed E-state index contributed by atoms with van der Waals surface area (Å²) in [6.45, 7) is 1.58. The largest absolute Gasteiger partial charge is 0.481 e. The minimum absolute atomic E-state index is 0.00690. The van der Waals surface area contributed by atoms with Crippen LogP contribution in [0.2, 0.25) is 0 Å². The second-order valence-electron chi connectivity index (χ2n) is 2.45. The molecule has 0 saturated heterocycles. The van der Waals surface area contributed by atoms with E-state index in [0.29, 0.717) is 9.13 Å². The first kappa shape index (κ1) is 10.6. The maximum absolute atomic E-state index is 12.5. The highest BCUT2D eigenvalue weighted by atomic mass is 127. The van der Waals surface area contributed by atoms with Crippen LogP contribution in [0.5, 0.6) is 5.88 Å². The number of hydrogen-bond acceptors (Lipinski definition) is 2. The van der Waals surface area contributed by atoms with Crippen molar-refractivity contribution in [2.45, 2.75) is 13.3 Å². The normalized spacial score (nSPS) is 10.6. The first-order valence-corrected chi connectivity index (χ1v) is 4.63. The maximum Gasteiger partial charge on any atom is 0.265 e. The molecule has 0 aliphatic rings. The zero-order valence-electron chi connectivity index (χ0n) is 7.14. The molecule has 1 rings (SSSR count). The van der Waals surface area contributed by atoms with Crippen LogP contribution in [0.4, 0.5) is 8.78 Å². The smallest absolute Gasteiger partial charge is 0.265 e. The minimum atomic E-state index is -2.48. The van der Waals surface area contributed by atoms with E-state index in [1.165, 1.54) is 13.3 Å². The summed E-state index contributed by atoms with van der Waals surface area (Å²) in [5.74, 6) is 0.260. The lowest BCUT2D eigenvalue weighted by Crippen LogP contribution is -2.00. The Morgan fingerprint density at radius 2 is 2.15 bits per heavy atom. The van der Waals surface area contributed by atoms with Crippen LogP contribution >= 0.6 is 22.6 Å². The summed E-state index contributed by atoms with van der Waals surface area (Å²) >= 11 is 1.84. The van der Waals surface area contributed by atoms with Gasteiger partial charge in [-0.05, 0) is 29.5 Å². The highest BCUT2D eigenvalue weighted by Crippen LogP contribution is 2.31. The van der Waals surface area contributed by atoms with Crippen molar-refractivity contribution in [1.82, 2.24) is 4.98 Å². The fourth-order valence-electron chi connectivity index (χ4n) is 1.05. The predicted octanol–water partition coefficient (Wildman–Crippen LogP) is 2.94. The molecule has 72 valence electrons. The van der Waals surface area contributed by atoms with Crippen molar-refractivity contribution in [1.29, 1.82) is 0 Å². The van der Waals surface area contributed by atoms with Crippen molar-refractivity contribution >= 4 is 22.6 Å². The molecule has 0 saturated carbocycles. The Hall–Kier alpha value is -0.460. The number of aromatic nitrogens is 1. The molecule has 0 radical (unpaired) electrons. The molecule has 0 atom stereocenters. The average molecular weight is 299 g/mol. The maximum atomic E-state index is 12.5. The number of nitrogens with zero attached hydrogens (tertiary/aromatic N) is 1. The van der Waals surface area contributed by atoms with Crippen molar-refractivity contribution in [2.24, 2.45) is 0 Å². The molecule has 1 aromatic heterocycles. The number of alkyl halides is 2. The number of pyridine rings is 1. The van der Waals surface area contributed by atoms with E-state index < -0.39 is 6.43 Å². The number of halogens is 3. The van der Waals surface area contributed by atoms with Crippen molar-refractivity contribution < 1.29 is 13.5 Å². The van der Waals surface area contributed by atoms with Gasteiger partial charge < -0.3 is 4.74 Å². The molecular formula is C8H8F2INO. The van der Waals surface area contributed by atoms with Gasteiger partial charge in [-0.3, -0.25) is 0 Å². The lowest BCUT2D eigenvalue weighted by molar-refractivity contribution is 0.149. The van der Waals surface area contributed by atoms with Gasteiger partial charge in [0.1, 0.15) is 0 Å². The SMILES string of the molecule is COc1ncc(I)c(C(F)F)c1C. The molecule has 0 spiro atoms. The molecule has 13 heavy (non-hydrogen) atoms. The van der Waals surface area contributed by atoms with Gasteiger partial charge in [-0.15, -0.1) is 0 Å². The van der Waals surface area contributed by atoms with Crippen LogP contribution in [-0.4, -0.2) is 12.1 Å². The van der Waals surface area contributed by atoms with Gasteiger partial charge in [0.2, 0.25) is 5.88 Å². The minimum Gasteiger partial charge on any atom is -0.481 e. The van der Waals surface area contributed by atoms with E-state index >= 15 is 0 Å². The molecule has 2 nitrogen and oxygen atoms in total. The molecule has 5 heteroatoms. The average Bonchev–Trinajstić information content (AvgIpc) is 2.04. The number of rotatable bonds is 2. The Balaban J connectivity index is 3.30. The Labute approximate surface area is 88.5 Å². The molecule has 0 aromatic carbocycles. The van der Waals surface area contributed by atoms with Crippen LogP contribution < -0.4 is 4.74 Å². The molecule has 0 N–H and O–H groups in total. The summed E-state index contributed by atoms with van der Waals surface area (Å²) in [5, 5.41) is 0. The van der Waals surface area contributed by atoms with Gasteiger partial charge >= 0.3 is 0 Å². The number of hydrogen-bond donors (Lipinski definition) is 0. The number of ether oxygens (including phenoxy) is 1. The van der Waals surface area contributed by atoms with Gasteiger partial charge in [0, 0.05) is 20.9 Å². The molecule has 1 heterocycles. The molecule has 0 aliphatic heterocycles. The fourth-order valence-corrected chi connectivity index (χ4v) is 1.83. The van der Waals surface area contributed by atoms with E-state index in [0.717, 1.165) is 0 Å². The molecule has 0 unspecified atom stereocenters. The zero-order chi connectivity index (χ0) is 10.0. The van der Waals surface area contributed by atoms with Crippen molar-refractivity contribution in [3.05, 3.63) is 20.9 Å². The molecule has 1 aromatic rings. The molecule has 0 aliphatic carbocycles. The van der Waals surface area contributed by atoms with Crippen LogP contribution in [0, 0.1) is 10.5 Å². The Morgan fingerprint density at radius 1 is 1.54 bits per heavy atom. The van der Waals surface area contributed by atoms with Gasteiger partial charge in [-0.25, -0.2) is 13.8 Å². The Morgan fingerprint density at radius 3 is 2.62 bits per heavy atom. The Kier molecular flexibility index (Phi) is 3.40. The van der Waals surface area contributed by atoms with Gasteiger partial charge in [-0.2, -0.15) is 0 Å². The van der Waals surface area contributed by atoms with Crippen LogP contribution in [0.25, 0.3) is 0 Å². The fraction of sp³-hybridized carbons (Fsp3) is 0.375. The van der Waals surface area contributed by atoms with Crippen LogP contribution in [0.1, 0.15) is 17.6 Å². The Bertz CT molecular complexity index is 317. The lowest BCUT2D eigenvalue weighted by atomic mass is 10.1. The van der Waals surface area contributed by atoms with Gasteiger partial charge in [0.05, 0.1) is 7.11 Å². The van der Waals surface area contributed by atoms with Gasteiger partial charge in [0.15, 0.2) is 0 Å². The van der Waals surface area contributed by atoms with Gasteiger partial charge in [-0.1, -0.05) is 0 Å². The second-order valence-corrected chi connectivity index (χ2v) is 3.62. The van der Waals surface area contributed by atoms with E-state index in [1.54, 1.807) is 6.92 Å². The summed E-state index contributed by atoms with van der Waals surface area (Å²) in [6, 6.07) is 0. The van der Waals surface area contributed by atoms with E-state index in [9.17, 15) is 8.78 Å². The van der Waals surface area contributed by atoms with Crippen LogP contribution in [0.15, 0.2) is 6.20 Å². The summed E-state index contributed by atoms with van der Waals surface area (Å²) in [7, 11) is 1.41. The van der Waals surface area contributed by atoms with Crippen molar-refractivity contribution in [3.63, 3.8) is 0 Å². The summed E-state index contributed by atoms with van der Waals surface area (Å²) in [5.41, 5.74) is 0.414. The molecule has 0 fully saturated rings. The lowest BCUT2D eigenvalue weighted by Gasteiger charge is -2.10. The topological polar surface area (TPSA) is 22.1 Å². The third-order valence-corrected chi connectivity index (χ3v) is 2.55. The predicted molar refractivity (Wildman–Crippen MR) is 53.2 cm³/mol. The van der Waals surface area contributed by atoms with Crippen molar-refractivity contribution in [3.8, 4) is 5.88 Å². The van der Waals surface area contributed by atoms with Gasteiger partial charge in [0.25, 0.3) is 6.43 Å². The van der Waals surface area contributed by atoms with Crippen LogP contribution in [-0.2, 0) is 0 Å². The monoisotopic (exact) mass is 299 g/mol. The zero-order valence-corrected chi connectivity index (χ0v) is 9.30. The van der Waals surface area contributed by atoms with E-state index in [1.807, 2.05) is 22.6 Å². The van der Waals surface area contributed by atoms with Crippen molar-refractivity contribution in [2.75, 3.05) is 7.11 Å². The third-order valence-electron chi connectivity index (χ3n) is 1.69. The highest BCUT2D eigenvalue weighted by molar-refractivity contribution is 14.1. The molecule has 0 amide bonds. The molecule has 0 bridgehead atoms. The summed E-state index contributed by atoms with van der Waals surface area (Å²) < 4.78 is 30.3. The summed E-state index contributed by atoms with van der Waals surface area (Å²) in [4.78, 5) is 3.88. The number of methoxy groups -OCH3 is 1. The summed E-state index contributed by atoms with van der Waals surface area (Å²) in [6.07, 6.45) is -1.10.